The lowest BCUT2D eigenvalue weighted by atomic mass is 9.52. The predicted molar refractivity (Wildman–Crippen MR) is 125 cm³/mol. The smallest absolute Gasteiger partial charge is 0.257 e. The number of fused-ring (bicyclic) bond motifs is 1. The minimum atomic E-state index is -0.884. The van der Waals surface area contributed by atoms with Crippen molar-refractivity contribution in [3.63, 3.8) is 0 Å². The molecule has 1 aliphatic heterocycles. The molecule has 0 aromatic rings. The molecule has 3 aliphatic rings. The molecule has 0 aromatic carbocycles. The van der Waals surface area contributed by atoms with Crippen LogP contribution in [-0.2, 0) is 14.3 Å². The van der Waals surface area contributed by atoms with E-state index >= 15 is 0 Å². The van der Waals surface area contributed by atoms with Gasteiger partial charge in [0.25, 0.3) is 5.91 Å². The maximum Gasteiger partial charge on any atom is 0.257 e. The van der Waals surface area contributed by atoms with Crippen LogP contribution in [0, 0.1) is 35.0 Å². The van der Waals surface area contributed by atoms with E-state index in [9.17, 15) is 9.59 Å². The first-order valence-corrected chi connectivity index (χ1v) is 11.9. The molecule has 4 heteroatoms. The Morgan fingerprint density at radius 2 is 2.00 bits per heavy atom. The summed E-state index contributed by atoms with van der Waals surface area (Å²) in [6.07, 6.45) is 10.2. The molecule has 1 heterocycles. The van der Waals surface area contributed by atoms with E-state index in [1.807, 2.05) is 6.92 Å². The fourth-order valence-electron chi connectivity index (χ4n) is 6.70. The van der Waals surface area contributed by atoms with Crippen LogP contribution in [0.15, 0.2) is 34.9 Å². The van der Waals surface area contributed by atoms with Crippen LogP contribution in [0.25, 0.3) is 0 Å². The van der Waals surface area contributed by atoms with Crippen molar-refractivity contribution in [3.05, 3.63) is 34.9 Å². The molecule has 1 fully saturated rings. The number of carbonyl (C=O) groups is 2. The van der Waals surface area contributed by atoms with Crippen molar-refractivity contribution in [1.29, 1.82) is 0 Å². The maximum absolute atomic E-state index is 14.1. The summed E-state index contributed by atoms with van der Waals surface area (Å²) >= 11 is 0. The van der Waals surface area contributed by atoms with Gasteiger partial charge in [-0.05, 0) is 62.9 Å². The van der Waals surface area contributed by atoms with E-state index in [1.54, 1.807) is 13.2 Å². The number of hydrogen-bond acceptors (Lipinski definition) is 3. The van der Waals surface area contributed by atoms with Crippen molar-refractivity contribution >= 4 is 11.7 Å². The number of carbonyl (C=O) groups excluding carboxylic acids is 2. The highest BCUT2D eigenvalue weighted by molar-refractivity contribution is 6.22. The monoisotopic (exact) mass is 427 g/mol. The first-order valence-electron chi connectivity index (χ1n) is 11.9. The van der Waals surface area contributed by atoms with Gasteiger partial charge in [0.2, 0.25) is 0 Å². The van der Waals surface area contributed by atoms with Crippen molar-refractivity contribution in [2.45, 2.75) is 79.9 Å². The topological polar surface area (TPSA) is 55.4 Å². The summed E-state index contributed by atoms with van der Waals surface area (Å²) in [7, 11) is 1.60. The van der Waals surface area contributed by atoms with Crippen molar-refractivity contribution in [2.75, 3.05) is 7.11 Å². The van der Waals surface area contributed by atoms with Gasteiger partial charge < -0.3 is 10.1 Å². The number of ether oxygens (including phenoxy) is 1. The third-order valence-electron chi connectivity index (χ3n) is 7.98. The molecule has 6 atom stereocenters. The van der Waals surface area contributed by atoms with Crippen LogP contribution in [0.5, 0.6) is 0 Å². The van der Waals surface area contributed by atoms with Gasteiger partial charge in [0.15, 0.2) is 11.5 Å². The molecule has 0 aromatic heterocycles. The highest BCUT2D eigenvalue weighted by atomic mass is 16.5. The van der Waals surface area contributed by atoms with Crippen molar-refractivity contribution < 1.29 is 14.3 Å². The van der Waals surface area contributed by atoms with E-state index in [0.29, 0.717) is 18.3 Å². The number of rotatable bonds is 6. The van der Waals surface area contributed by atoms with E-state index < -0.39 is 5.72 Å². The zero-order chi connectivity index (χ0) is 23.1. The molecule has 1 amide bonds. The first kappa shape index (κ1) is 24.0. The average Bonchev–Trinajstić information content (AvgIpc) is 3.00. The van der Waals surface area contributed by atoms with Crippen LogP contribution in [0.3, 0.4) is 0 Å². The van der Waals surface area contributed by atoms with Crippen LogP contribution in [0.2, 0.25) is 0 Å². The lowest BCUT2D eigenvalue weighted by molar-refractivity contribution is -0.129. The number of Topliss-reactive ketones (excluding diaryl/α,β-unsaturated/α-hetero) is 1. The molecule has 0 spiro atoms. The van der Waals surface area contributed by atoms with Crippen molar-refractivity contribution in [2.24, 2.45) is 35.0 Å². The number of methoxy groups -OCH3 is 1. The molecular formula is C27H41NO3. The van der Waals surface area contributed by atoms with Gasteiger partial charge in [0.05, 0.1) is 5.57 Å². The average molecular weight is 428 g/mol. The van der Waals surface area contributed by atoms with Crippen LogP contribution in [0.1, 0.15) is 74.1 Å². The Hall–Kier alpha value is -1.68. The highest BCUT2D eigenvalue weighted by Crippen LogP contribution is 2.56. The molecule has 0 saturated heterocycles. The third-order valence-corrected chi connectivity index (χ3v) is 7.98. The van der Waals surface area contributed by atoms with Gasteiger partial charge in [-0.3, -0.25) is 9.59 Å². The standard InChI is InChI=1S/C27H41NO3/c1-9-18(5)22-19(6)14-26(7)13-17(4)10-11-21(26)23(22)24(29)20-15-27(31-8,12-16(2)3)28-25(20)30/h9,14-17,21-23H,10-13H2,1-8H3,(H,28,30)/b18-9+/t17-,21+,22-,23+,26+,27-/m0/s1. The molecular weight excluding hydrogens is 386 g/mol. The zero-order valence-corrected chi connectivity index (χ0v) is 20.7. The quantitative estimate of drug-likeness (QED) is 0.443. The minimum absolute atomic E-state index is 0.00147. The van der Waals surface area contributed by atoms with Crippen LogP contribution >= 0.6 is 0 Å². The van der Waals surface area contributed by atoms with E-state index in [1.165, 1.54) is 11.1 Å². The molecule has 0 radical (unpaired) electrons. The Kier molecular flexibility index (Phi) is 6.72. The second-order valence-corrected chi connectivity index (χ2v) is 11.0. The van der Waals surface area contributed by atoms with E-state index in [2.05, 4.69) is 59.0 Å². The minimum Gasteiger partial charge on any atom is -0.355 e. The SMILES string of the molecule is C/C=C(\C)[C@H]1C(C)=C[C@@]2(C)C[C@@H](C)CC[C@@H]2[C@H]1C(=O)C1=C[C@](CC(C)C)(OC)NC1=O. The van der Waals surface area contributed by atoms with Gasteiger partial charge >= 0.3 is 0 Å². The van der Waals surface area contributed by atoms with Gasteiger partial charge in [-0.2, -0.15) is 0 Å². The van der Waals surface area contributed by atoms with Crippen molar-refractivity contribution in [3.8, 4) is 0 Å². The fraction of sp³-hybridized carbons (Fsp3) is 0.704. The predicted octanol–water partition coefficient (Wildman–Crippen LogP) is 5.60. The van der Waals surface area contributed by atoms with E-state index in [0.717, 1.165) is 19.3 Å². The van der Waals surface area contributed by atoms with Gasteiger partial charge in [-0.15, -0.1) is 0 Å². The number of hydrogen-bond donors (Lipinski definition) is 1. The Labute approximate surface area is 188 Å². The molecule has 1 saturated carbocycles. The summed E-state index contributed by atoms with van der Waals surface area (Å²) in [5, 5.41) is 2.97. The summed E-state index contributed by atoms with van der Waals surface area (Å²) < 4.78 is 5.72. The van der Waals surface area contributed by atoms with Crippen LogP contribution in [0.4, 0.5) is 0 Å². The Morgan fingerprint density at radius 1 is 1.32 bits per heavy atom. The highest BCUT2D eigenvalue weighted by Gasteiger charge is 2.53. The van der Waals surface area contributed by atoms with Gasteiger partial charge in [-0.1, -0.05) is 57.4 Å². The summed E-state index contributed by atoms with van der Waals surface area (Å²) in [5.41, 5.74) is 1.88. The molecule has 0 unspecified atom stereocenters. The molecule has 172 valence electrons. The van der Waals surface area contributed by atoms with Crippen molar-refractivity contribution in [1.82, 2.24) is 5.32 Å². The van der Waals surface area contributed by atoms with Crippen LogP contribution < -0.4 is 5.32 Å². The number of amides is 1. The first-order chi connectivity index (χ1) is 14.5. The summed E-state index contributed by atoms with van der Waals surface area (Å²) in [6.45, 7) is 15.2. The summed E-state index contributed by atoms with van der Waals surface area (Å²) in [6, 6.07) is 0. The maximum atomic E-state index is 14.1. The van der Waals surface area contributed by atoms with E-state index in [-0.39, 0.29) is 40.4 Å². The zero-order valence-electron chi connectivity index (χ0n) is 20.7. The third kappa shape index (κ3) is 4.33. The normalized spacial score (nSPS) is 38.5. The summed E-state index contributed by atoms with van der Waals surface area (Å²) in [4.78, 5) is 27.1. The second-order valence-electron chi connectivity index (χ2n) is 11.0. The Bertz CT molecular complexity index is 835. The molecule has 1 N–H and O–H groups in total. The lowest BCUT2D eigenvalue weighted by Crippen LogP contribution is -2.48. The molecule has 3 rings (SSSR count). The number of ketones is 1. The Balaban J connectivity index is 2.08. The Morgan fingerprint density at radius 3 is 2.58 bits per heavy atom. The largest absolute Gasteiger partial charge is 0.355 e. The second kappa shape index (κ2) is 8.69. The van der Waals surface area contributed by atoms with Gasteiger partial charge in [0.1, 0.15) is 0 Å². The molecule has 4 nitrogen and oxygen atoms in total. The summed E-state index contributed by atoms with van der Waals surface area (Å²) in [5.74, 6) is 0.777. The van der Waals surface area contributed by atoms with Crippen LogP contribution in [-0.4, -0.2) is 24.5 Å². The molecule has 2 aliphatic carbocycles. The number of nitrogens with one attached hydrogen (secondary N) is 1. The molecule has 31 heavy (non-hydrogen) atoms. The molecule has 0 bridgehead atoms. The number of allylic oxidation sites excluding steroid dienone is 4. The lowest BCUT2D eigenvalue weighted by Gasteiger charge is -2.52. The van der Waals surface area contributed by atoms with E-state index in [4.69, 9.17) is 4.74 Å². The van der Waals surface area contributed by atoms with Gasteiger partial charge in [0, 0.05) is 25.4 Å². The van der Waals surface area contributed by atoms with Gasteiger partial charge in [-0.25, -0.2) is 0 Å². The fourth-order valence-corrected chi connectivity index (χ4v) is 6.70.